The maximum Gasteiger partial charge on any atom is 0.169 e. The van der Waals surface area contributed by atoms with E-state index < -0.39 is 0 Å². The second-order valence-electron chi connectivity index (χ2n) is 4.96. The van der Waals surface area contributed by atoms with E-state index in [-0.39, 0.29) is 0 Å². The lowest BCUT2D eigenvalue weighted by molar-refractivity contribution is 0.251. The van der Waals surface area contributed by atoms with Gasteiger partial charge in [0.15, 0.2) is 5.69 Å². The topological polar surface area (TPSA) is 28.1 Å². The molecular formula is C14H18N3+. The Hall–Kier alpha value is -1.61. The van der Waals surface area contributed by atoms with E-state index in [0.717, 1.165) is 11.1 Å². The van der Waals surface area contributed by atoms with Crippen molar-refractivity contribution in [1.82, 2.24) is 9.58 Å². The largest absolute Gasteiger partial charge is 0.361 e. The lowest BCUT2D eigenvalue weighted by atomic mass is 10.1. The second kappa shape index (κ2) is 3.44. The Bertz CT molecular complexity index is 595. The fraction of sp³-hybridized carbons (Fsp3) is 0.357. The quantitative estimate of drug-likeness (QED) is 0.764. The van der Waals surface area contributed by atoms with Gasteiger partial charge in [0.25, 0.3) is 0 Å². The molecule has 17 heavy (non-hydrogen) atoms. The van der Waals surface area contributed by atoms with Gasteiger partial charge in [0.2, 0.25) is 0 Å². The normalized spacial score (nSPS) is 22.6. The summed E-state index contributed by atoms with van der Waals surface area (Å²) in [6, 6.07) is 7.07. The number of rotatable bonds is 2. The number of nitrogens with one attached hydrogen (secondary N) is 1. The van der Waals surface area contributed by atoms with Crippen LogP contribution in [0.25, 0.3) is 10.9 Å². The summed E-state index contributed by atoms with van der Waals surface area (Å²) in [7, 11) is 0. The van der Waals surface area contributed by atoms with Crippen molar-refractivity contribution in [2.75, 3.05) is 6.54 Å². The van der Waals surface area contributed by atoms with Crippen LogP contribution in [0.3, 0.4) is 0 Å². The highest BCUT2D eigenvalue weighted by molar-refractivity contribution is 5.98. The average molecular weight is 228 g/mol. The fourth-order valence-electron chi connectivity index (χ4n) is 2.80. The minimum absolute atomic E-state index is 0.467. The third-order valence-electron chi connectivity index (χ3n) is 3.86. The zero-order valence-corrected chi connectivity index (χ0v) is 10.6. The molecule has 0 aliphatic carbocycles. The van der Waals surface area contributed by atoms with Gasteiger partial charge in [-0.2, -0.15) is 4.59 Å². The molecule has 1 atom stereocenters. The first kappa shape index (κ1) is 10.5. The van der Waals surface area contributed by atoms with Gasteiger partial charge in [0.1, 0.15) is 12.6 Å². The summed E-state index contributed by atoms with van der Waals surface area (Å²) in [6.45, 7) is 7.67. The van der Waals surface area contributed by atoms with Crippen LogP contribution < -0.4 is 4.59 Å². The lowest BCUT2D eigenvalue weighted by Gasteiger charge is -2.32. The van der Waals surface area contributed by atoms with Crippen molar-refractivity contribution in [1.29, 1.82) is 0 Å². The Morgan fingerprint density at radius 1 is 1.35 bits per heavy atom. The average Bonchev–Trinajstić information content (AvgIpc) is 2.89. The summed E-state index contributed by atoms with van der Waals surface area (Å²) in [4.78, 5) is 3.26. The molecule has 2 heterocycles. The van der Waals surface area contributed by atoms with E-state index >= 15 is 0 Å². The van der Waals surface area contributed by atoms with Gasteiger partial charge in [-0.25, -0.2) is 0 Å². The summed E-state index contributed by atoms with van der Waals surface area (Å²) in [5.74, 6) is 0. The first-order chi connectivity index (χ1) is 8.17. The number of fused-ring (bicyclic) bond motifs is 2. The minimum Gasteiger partial charge on any atom is -0.361 e. The molecule has 1 aromatic carbocycles. The molecule has 1 aliphatic rings. The van der Waals surface area contributed by atoms with Crippen LogP contribution in [0.15, 0.2) is 29.5 Å². The summed E-state index contributed by atoms with van der Waals surface area (Å²) in [6.07, 6.45) is 4.01. The highest BCUT2D eigenvalue weighted by atomic mass is 15.6. The Morgan fingerprint density at radius 2 is 2.18 bits per heavy atom. The Labute approximate surface area is 101 Å². The first-order valence-corrected chi connectivity index (χ1v) is 6.22. The number of H-pyrrole nitrogens is 1. The van der Waals surface area contributed by atoms with Crippen LogP contribution >= 0.6 is 0 Å². The molecule has 3 heteroatoms. The predicted octanol–water partition coefficient (Wildman–Crippen LogP) is 3.25. The molecule has 0 saturated carbocycles. The van der Waals surface area contributed by atoms with Crippen LogP contribution in [0.5, 0.6) is 0 Å². The van der Waals surface area contributed by atoms with E-state index in [4.69, 9.17) is 5.10 Å². The summed E-state index contributed by atoms with van der Waals surface area (Å²) in [5, 5.41) is 6.02. The molecule has 2 aromatic rings. The summed E-state index contributed by atoms with van der Waals surface area (Å²) >= 11 is 0. The molecular weight excluding hydrogens is 210 g/mol. The van der Waals surface area contributed by atoms with E-state index in [0.29, 0.717) is 6.04 Å². The highest BCUT2D eigenvalue weighted by Gasteiger charge is 2.38. The molecule has 1 N–H and O–H groups in total. The molecule has 0 saturated heterocycles. The third kappa shape index (κ3) is 1.29. The van der Waals surface area contributed by atoms with E-state index in [9.17, 15) is 0 Å². The molecule has 1 unspecified atom stereocenters. The summed E-state index contributed by atoms with van der Waals surface area (Å²) in [5.41, 5.74) is 3.76. The standard InChI is InChI=1S/C14H18N3/c1-4-17(10(2)3)14-8-11-5-6-15-13(11)7-12(14)9-16-17/h5-10,15H,4H2,1-3H3/q+1. The molecule has 0 fully saturated rings. The van der Waals surface area contributed by atoms with E-state index in [1.165, 1.54) is 22.2 Å². The molecule has 1 aromatic heterocycles. The smallest absolute Gasteiger partial charge is 0.169 e. The maximum atomic E-state index is 4.75. The highest BCUT2D eigenvalue weighted by Crippen LogP contribution is 2.37. The zero-order valence-electron chi connectivity index (χ0n) is 10.6. The van der Waals surface area contributed by atoms with Crippen molar-refractivity contribution >= 4 is 22.8 Å². The fourth-order valence-corrected chi connectivity index (χ4v) is 2.80. The number of quaternary nitrogens is 1. The van der Waals surface area contributed by atoms with Gasteiger partial charge in [-0.15, -0.1) is 0 Å². The SMILES string of the molecule is CC[N+]1(C(C)C)N=Cc2cc3[nH]ccc3cc21. The molecule has 3 rings (SSSR count). The van der Waals surface area contributed by atoms with Crippen LogP contribution in [-0.2, 0) is 0 Å². The second-order valence-corrected chi connectivity index (χ2v) is 4.96. The maximum absolute atomic E-state index is 4.75. The molecule has 0 bridgehead atoms. The van der Waals surface area contributed by atoms with E-state index in [1.54, 1.807) is 0 Å². The van der Waals surface area contributed by atoms with Gasteiger partial charge < -0.3 is 4.98 Å². The monoisotopic (exact) mass is 228 g/mol. The molecule has 0 radical (unpaired) electrons. The van der Waals surface area contributed by atoms with Crippen molar-refractivity contribution in [3.8, 4) is 0 Å². The number of aromatic nitrogens is 1. The van der Waals surface area contributed by atoms with Crippen LogP contribution in [0.1, 0.15) is 26.3 Å². The summed E-state index contributed by atoms with van der Waals surface area (Å²) < 4.78 is 0.719. The number of benzene rings is 1. The lowest BCUT2D eigenvalue weighted by Crippen LogP contribution is -2.48. The van der Waals surface area contributed by atoms with Gasteiger partial charge >= 0.3 is 0 Å². The first-order valence-electron chi connectivity index (χ1n) is 6.22. The van der Waals surface area contributed by atoms with Crippen molar-refractivity contribution in [3.63, 3.8) is 0 Å². The Balaban J connectivity index is 2.27. The van der Waals surface area contributed by atoms with Gasteiger partial charge in [-0.1, -0.05) is 5.10 Å². The minimum atomic E-state index is 0.467. The van der Waals surface area contributed by atoms with Crippen molar-refractivity contribution in [3.05, 3.63) is 30.0 Å². The molecule has 88 valence electrons. The zero-order chi connectivity index (χ0) is 12.0. The predicted molar refractivity (Wildman–Crippen MR) is 73.4 cm³/mol. The number of hydrogen-bond donors (Lipinski definition) is 1. The van der Waals surface area contributed by atoms with Crippen molar-refractivity contribution < 1.29 is 0 Å². The van der Waals surface area contributed by atoms with Gasteiger partial charge in [0.05, 0.1) is 11.8 Å². The Kier molecular flexibility index (Phi) is 2.13. The van der Waals surface area contributed by atoms with Gasteiger partial charge in [-0.3, -0.25) is 0 Å². The number of aromatic amines is 1. The van der Waals surface area contributed by atoms with Gasteiger partial charge in [-0.05, 0) is 32.9 Å². The van der Waals surface area contributed by atoms with Crippen molar-refractivity contribution in [2.45, 2.75) is 26.8 Å². The van der Waals surface area contributed by atoms with Gasteiger partial charge in [0, 0.05) is 23.2 Å². The molecule has 0 spiro atoms. The molecule has 3 nitrogen and oxygen atoms in total. The van der Waals surface area contributed by atoms with Crippen LogP contribution in [-0.4, -0.2) is 23.8 Å². The number of nitrogens with zero attached hydrogens (tertiary/aromatic N) is 2. The van der Waals surface area contributed by atoms with Crippen LogP contribution in [0.4, 0.5) is 5.69 Å². The van der Waals surface area contributed by atoms with E-state index in [1.807, 2.05) is 12.4 Å². The Morgan fingerprint density at radius 3 is 2.88 bits per heavy atom. The van der Waals surface area contributed by atoms with Crippen LogP contribution in [0.2, 0.25) is 0 Å². The number of hydrogen-bond acceptors (Lipinski definition) is 1. The third-order valence-corrected chi connectivity index (χ3v) is 3.86. The van der Waals surface area contributed by atoms with E-state index in [2.05, 4.69) is 44.0 Å². The van der Waals surface area contributed by atoms with Crippen molar-refractivity contribution in [2.24, 2.45) is 5.10 Å². The molecule has 1 aliphatic heterocycles. The van der Waals surface area contributed by atoms with Crippen LogP contribution in [0, 0.1) is 0 Å². The molecule has 0 amide bonds.